The van der Waals surface area contributed by atoms with Crippen LogP contribution in [0.25, 0.3) is 0 Å². The number of carboxylic acid groups (broad SMARTS) is 1. The maximum Gasteiger partial charge on any atom is 0.305 e. The predicted octanol–water partition coefficient (Wildman–Crippen LogP) is 4.13. The van der Waals surface area contributed by atoms with Gasteiger partial charge in [-0.15, -0.1) is 11.8 Å². The van der Waals surface area contributed by atoms with Gasteiger partial charge in [-0.25, -0.2) is 0 Å². The van der Waals surface area contributed by atoms with Gasteiger partial charge in [-0.05, 0) is 24.4 Å². The van der Waals surface area contributed by atoms with Crippen molar-refractivity contribution in [2.45, 2.75) is 95.6 Å². The summed E-state index contributed by atoms with van der Waals surface area (Å²) in [6, 6.07) is 0. The van der Waals surface area contributed by atoms with Gasteiger partial charge in [-0.1, -0.05) is 77.6 Å². The first kappa shape index (κ1) is 26.0. The molecule has 6 nitrogen and oxygen atoms in total. The number of carboxylic acids is 1. The summed E-state index contributed by atoms with van der Waals surface area (Å²) in [6.45, 7) is 2.24. The molecule has 0 rings (SSSR count). The van der Waals surface area contributed by atoms with Crippen molar-refractivity contribution in [1.29, 1.82) is 0 Å². The zero-order valence-electron chi connectivity index (χ0n) is 16.6. The summed E-state index contributed by atoms with van der Waals surface area (Å²) in [5.74, 6) is -0.627. The van der Waals surface area contributed by atoms with Crippen LogP contribution < -0.4 is 16.6 Å². The Balaban J connectivity index is 3.66. The van der Waals surface area contributed by atoms with Crippen LogP contribution in [-0.4, -0.2) is 33.1 Å². The van der Waals surface area contributed by atoms with Crippen molar-refractivity contribution in [3.8, 4) is 0 Å². The van der Waals surface area contributed by atoms with Gasteiger partial charge >= 0.3 is 5.97 Å². The Labute approximate surface area is 173 Å². The molecule has 0 aliphatic carbocycles. The lowest BCUT2D eigenvalue weighted by atomic mass is 10.1. The van der Waals surface area contributed by atoms with Gasteiger partial charge in [0.05, 0.1) is 11.7 Å². The van der Waals surface area contributed by atoms with Crippen molar-refractivity contribution in [2.75, 3.05) is 5.75 Å². The minimum Gasteiger partial charge on any atom is -0.481 e. The fraction of sp³-hybridized carbons (Fsp3) is 0.842. The molecule has 158 valence electrons. The normalized spacial score (nSPS) is 11.7. The average molecular weight is 420 g/mol. The van der Waals surface area contributed by atoms with E-state index in [2.05, 4.69) is 30.0 Å². The van der Waals surface area contributed by atoms with E-state index in [0.29, 0.717) is 0 Å². The first-order chi connectivity index (χ1) is 13.0. The smallest absolute Gasteiger partial charge is 0.305 e. The Morgan fingerprint density at radius 3 is 1.85 bits per heavy atom. The summed E-state index contributed by atoms with van der Waals surface area (Å²) in [5, 5.41) is 8.26. The van der Waals surface area contributed by atoms with Crippen molar-refractivity contribution >= 4 is 41.0 Å². The van der Waals surface area contributed by atoms with Gasteiger partial charge in [0, 0.05) is 0 Å². The minimum absolute atomic E-state index is 0.0524. The molecule has 0 aliphatic rings. The number of hydrogen-bond donors (Lipinski definition) is 4. The summed E-state index contributed by atoms with van der Waals surface area (Å²) in [6.07, 6.45) is 15.1. The molecule has 0 spiro atoms. The van der Waals surface area contributed by atoms with Crippen LogP contribution in [0.2, 0.25) is 0 Å². The number of nitrogens with one attached hydrogen (secondary N) is 2. The summed E-state index contributed by atoms with van der Waals surface area (Å²) in [4.78, 5) is 22.9. The van der Waals surface area contributed by atoms with E-state index in [-0.39, 0.29) is 11.5 Å². The molecule has 5 N–H and O–H groups in total. The molecule has 0 saturated heterocycles. The number of carbonyl (C=O) groups excluding carboxylic acids is 1. The highest BCUT2D eigenvalue weighted by molar-refractivity contribution is 8.00. The fourth-order valence-electron chi connectivity index (χ4n) is 2.76. The maximum atomic E-state index is 12.0. The van der Waals surface area contributed by atoms with Crippen LogP contribution in [0.3, 0.4) is 0 Å². The summed E-state index contributed by atoms with van der Waals surface area (Å²) in [7, 11) is 0. The van der Waals surface area contributed by atoms with Crippen LogP contribution in [0.1, 0.15) is 90.4 Å². The number of aliphatic carboxylic acids is 1. The zero-order valence-corrected chi connectivity index (χ0v) is 18.3. The number of amides is 1. The zero-order chi connectivity index (χ0) is 20.3. The highest BCUT2D eigenvalue weighted by Gasteiger charge is 2.22. The molecule has 0 aliphatic heterocycles. The number of thiocarbonyl (C=S) groups is 1. The van der Waals surface area contributed by atoms with Gasteiger partial charge in [0.1, 0.15) is 0 Å². The summed E-state index contributed by atoms with van der Waals surface area (Å²) < 4.78 is 0. The Morgan fingerprint density at radius 2 is 1.41 bits per heavy atom. The molecule has 0 aromatic carbocycles. The SMILES string of the molecule is CCCCCCCCCCCCCCSC(CC(=O)O)C(=O)NNC(N)=S. The topological polar surface area (TPSA) is 104 Å². The van der Waals surface area contributed by atoms with Crippen LogP contribution in [-0.2, 0) is 9.59 Å². The summed E-state index contributed by atoms with van der Waals surface area (Å²) in [5.41, 5.74) is 9.95. The monoisotopic (exact) mass is 419 g/mol. The number of unbranched alkanes of at least 4 members (excludes halogenated alkanes) is 11. The van der Waals surface area contributed by atoms with Crippen molar-refractivity contribution < 1.29 is 14.7 Å². The van der Waals surface area contributed by atoms with E-state index in [0.717, 1.165) is 18.6 Å². The van der Waals surface area contributed by atoms with Gasteiger partial charge in [-0.2, -0.15) is 0 Å². The number of rotatable bonds is 17. The van der Waals surface area contributed by atoms with Crippen molar-refractivity contribution in [1.82, 2.24) is 10.9 Å². The molecule has 0 saturated carbocycles. The second kappa shape index (κ2) is 18.3. The van der Waals surface area contributed by atoms with Crippen LogP contribution >= 0.6 is 24.0 Å². The quantitative estimate of drug-likeness (QED) is 0.160. The largest absolute Gasteiger partial charge is 0.481 e. The van der Waals surface area contributed by atoms with Gasteiger partial charge in [-0.3, -0.25) is 20.4 Å². The molecular formula is C19H37N3O3S2. The second-order valence-electron chi connectivity index (χ2n) is 6.82. The molecule has 1 unspecified atom stereocenters. The molecule has 0 fully saturated rings. The first-order valence-electron chi connectivity index (χ1n) is 10.2. The first-order valence-corrected chi connectivity index (χ1v) is 11.6. The standard InChI is InChI=1S/C19H37N3O3S2/c1-2-3-4-5-6-7-8-9-10-11-12-13-14-27-16(15-17(23)24)18(25)21-22-19(20)26/h16H,2-15H2,1H3,(H,21,25)(H,23,24)(H3,20,22,26). The molecule has 1 amide bonds. The lowest BCUT2D eigenvalue weighted by Gasteiger charge is -2.15. The van der Waals surface area contributed by atoms with E-state index < -0.39 is 17.1 Å². The number of hydrogen-bond acceptors (Lipinski definition) is 4. The molecule has 0 aromatic heterocycles. The number of thioether (sulfide) groups is 1. The Bertz CT molecular complexity index is 423. The number of nitrogens with two attached hydrogens (primary N) is 1. The van der Waals surface area contributed by atoms with Crippen molar-refractivity contribution in [3.63, 3.8) is 0 Å². The molecule has 0 heterocycles. The van der Waals surface area contributed by atoms with Gasteiger partial charge in [0.2, 0.25) is 0 Å². The number of hydrazine groups is 1. The molecule has 0 aromatic rings. The van der Waals surface area contributed by atoms with Crippen LogP contribution in [0.4, 0.5) is 0 Å². The average Bonchev–Trinajstić information content (AvgIpc) is 2.62. The Hall–Kier alpha value is -1.02. The molecule has 8 heteroatoms. The van der Waals surface area contributed by atoms with Gasteiger partial charge in [0.15, 0.2) is 5.11 Å². The molecule has 0 radical (unpaired) electrons. The number of carbonyl (C=O) groups is 2. The lowest BCUT2D eigenvalue weighted by molar-refractivity contribution is -0.138. The van der Waals surface area contributed by atoms with E-state index in [1.807, 2.05) is 0 Å². The van der Waals surface area contributed by atoms with Gasteiger partial charge < -0.3 is 10.8 Å². The van der Waals surface area contributed by atoms with Crippen LogP contribution in [0.5, 0.6) is 0 Å². The third-order valence-corrected chi connectivity index (χ3v) is 5.69. The third-order valence-electron chi connectivity index (χ3n) is 4.28. The van der Waals surface area contributed by atoms with E-state index in [1.165, 1.54) is 76.0 Å². The second-order valence-corrected chi connectivity index (χ2v) is 8.58. The van der Waals surface area contributed by atoms with E-state index in [9.17, 15) is 9.59 Å². The Kier molecular flexibility index (Phi) is 17.7. The molecule has 27 heavy (non-hydrogen) atoms. The molecule has 1 atom stereocenters. The Morgan fingerprint density at radius 1 is 0.926 bits per heavy atom. The minimum atomic E-state index is -0.993. The van der Waals surface area contributed by atoms with E-state index >= 15 is 0 Å². The fourth-order valence-corrected chi connectivity index (χ4v) is 3.94. The van der Waals surface area contributed by atoms with Crippen molar-refractivity contribution in [2.24, 2.45) is 5.73 Å². The maximum absolute atomic E-state index is 12.0. The third kappa shape index (κ3) is 18.1. The highest BCUT2D eigenvalue weighted by Crippen LogP contribution is 2.18. The van der Waals surface area contributed by atoms with Crippen LogP contribution in [0, 0.1) is 0 Å². The van der Waals surface area contributed by atoms with Crippen molar-refractivity contribution in [3.05, 3.63) is 0 Å². The molecular weight excluding hydrogens is 382 g/mol. The van der Waals surface area contributed by atoms with E-state index in [1.54, 1.807) is 0 Å². The summed E-state index contributed by atoms with van der Waals surface area (Å²) >= 11 is 5.99. The van der Waals surface area contributed by atoms with Crippen LogP contribution in [0.15, 0.2) is 0 Å². The highest BCUT2D eigenvalue weighted by atomic mass is 32.2. The van der Waals surface area contributed by atoms with Gasteiger partial charge in [0.25, 0.3) is 5.91 Å². The predicted molar refractivity (Wildman–Crippen MR) is 118 cm³/mol. The lowest BCUT2D eigenvalue weighted by Crippen LogP contribution is -2.48. The van der Waals surface area contributed by atoms with E-state index in [4.69, 9.17) is 10.8 Å². The molecule has 0 bridgehead atoms.